The number of rotatable bonds is 7. The third kappa shape index (κ3) is 3.59. The van der Waals surface area contributed by atoms with E-state index in [0.29, 0.717) is 12.2 Å². The first-order chi connectivity index (χ1) is 9.38. The van der Waals surface area contributed by atoms with Gasteiger partial charge in [0.15, 0.2) is 0 Å². The second-order valence-electron chi connectivity index (χ2n) is 4.76. The van der Waals surface area contributed by atoms with Gasteiger partial charge in [-0.25, -0.2) is 0 Å². The average molecular weight is 280 g/mol. The van der Waals surface area contributed by atoms with Crippen molar-refractivity contribution in [2.24, 2.45) is 11.7 Å². The predicted molar refractivity (Wildman–Crippen MR) is 78.7 cm³/mol. The summed E-state index contributed by atoms with van der Waals surface area (Å²) in [7, 11) is 0. The van der Waals surface area contributed by atoms with E-state index in [1.165, 1.54) is 0 Å². The van der Waals surface area contributed by atoms with E-state index in [0.717, 1.165) is 0 Å². The van der Waals surface area contributed by atoms with Crippen LogP contribution in [0.1, 0.15) is 20.8 Å². The van der Waals surface area contributed by atoms with E-state index in [1.54, 1.807) is 18.2 Å². The maximum absolute atomic E-state index is 11.4. The summed E-state index contributed by atoms with van der Waals surface area (Å²) in [4.78, 5) is 22.2. The molecule has 110 valence electrons. The van der Waals surface area contributed by atoms with Gasteiger partial charge in [-0.05, 0) is 25.0 Å². The third-order valence-corrected chi connectivity index (χ3v) is 2.87. The monoisotopic (exact) mass is 280 g/mol. The number of amides is 1. The first-order valence-electron chi connectivity index (χ1n) is 6.45. The molecule has 0 saturated heterocycles. The molecule has 7 nitrogen and oxygen atoms in total. The zero-order valence-corrected chi connectivity index (χ0v) is 11.8. The lowest BCUT2D eigenvalue weighted by molar-refractivity contribution is -0.383. The van der Waals surface area contributed by atoms with Crippen molar-refractivity contribution < 1.29 is 9.72 Å². The molecule has 0 aliphatic carbocycles. The van der Waals surface area contributed by atoms with Gasteiger partial charge in [0.2, 0.25) is 5.91 Å². The van der Waals surface area contributed by atoms with Crippen LogP contribution in [-0.4, -0.2) is 23.4 Å². The van der Waals surface area contributed by atoms with Gasteiger partial charge in [0.25, 0.3) is 0 Å². The van der Waals surface area contributed by atoms with Gasteiger partial charge in [0.1, 0.15) is 17.4 Å². The molecule has 0 aromatic heterocycles. The number of carbonyl (C=O) groups is 1. The van der Waals surface area contributed by atoms with Crippen LogP contribution in [0.4, 0.5) is 17.1 Å². The number of nitrogens with zero attached hydrogens (tertiary/aromatic N) is 1. The first kappa shape index (κ1) is 15.7. The molecule has 1 unspecified atom stereocenters. The van der Waals surface area contributed by atoms with Gasteiger partial charge in [0.05, 0.1) is 4.92 Å². The summed E-state index contributed by atoms with van der Waals surface area (Å²) in [6, 6.07) is 4.22. The maximum atomic E-state index is 11.4. The van der Waals surface area contributed by atoms with E-state index < -0.39 is 16.9 Å². The third-order valence-electron chi connectivity index (χ3n) is 2.87. The van der Waals surface area contributed by atoms with Gasteiger partial charge in [-0.15, -0.1) is 0 Å². The number of nitro groups is 1. The lowest BCUT2D eigenvalue weighted by Gasteiger charge is -2.20. The standard InChI is InChI=1S/C13H20N4O3/c1-4-15-9-6-5-7-10(12(9)17(19)20)16-11(8(2)3)13(14)18/h5-8,11,15-16H,4H2,1-3H3,(H2,14,18). The highest BCUT2D eigenvalue weighted by molar-refractivity contribution is 5.86. The predicted octanol–water partition coefficient (Wildman–Crippen LogP) is 1.95. The van der Waals surface area contributed by atoms with E-state index in [-0.39, 0.29) is 17.3 Å². The van der Waals surface area contributed by atoms with Crippen molar-refractivity contribution in [1.82, 2.24) is 0 Å². The van der Waals surface area contributed by atoms with Crippen molar-refractivity contribution in [3.63, 3.8) is 0 Å². The molecule has 0 bridgehead atoms. The zero-order valence-electron chi connectivity index (χ0n) is 11.8. The Balaban J connectivity index is 3.20. The Morgan fingerprint density at radius 2 is 2.00 bits per heavy atom. The molecule has 0 saturated carbocycles. The summed E-state index contributed by atoms with van der Waals surface area (Å²) in [5.41, 5.74) is 5.93. The molecule has 7 heteroatoms. The van der Waals surface area contributed by atoms with Gasteiger partial charge < -0.3 is 16.4 Å². The van der Waals surface area contributed by atoms with Gasteiger partial charge in [-0.2, -0.15) is 0 Å². The van der Waals surface area contributed by atoms with Crippen LogP contribution in [0.3, 0.4) is 0 Å². The molecule has 0 fully saturated rings. The number of benzene rings is 1. The molecule has 1 amide bonds. The molecular weight excluding hydrogens is 260 g/mol. The van der Waals surface area contributed by atoms with Gasteiger partial charge in [-0.3, -0.25) is 14.9 Å². The van der Waals surface area contributed by atoms with E-state index in [4.69, 9.17) is 5.73 Å². The molecule has 0 aliphatic heterocycles. The Morgan fingerprint density at radius 1 is 1.40 bits per heavy atom. The molecule has 1 rings (SSSR count). The number of anilines is 2. The number of nitro benzene ring substituents is 1. The van der Waals surface area contributed by atoms with E-state index in [2.05, 4.69) is 10.6 Å². The minimum atomic E-state index is -0.662. The minimum absolute atomic E-state index is 0.0742. The fourth-order valence-corrected chi connectivity index (χ4v) is 1.92. The highest BCUT2D eigenvalue weighted by Gasteiger charge is 2.25. The van der Waals surface area contributed by atoms with E-state index >= 15 is 0 Å². The molecule has 0 heterocycles. The van der Waals surface area contributed by atoms with Crippen LogP contribution in [0.2, 0.25) is 0 Å². The number of nitrogens with one attached hydrogen (secondary N) is 2. The van der Waals surface area contributed by atoms with E-state index in [9.17, 15) is 14.9 Å². The number of nitrogens with two attached hydrogens (primary N) is 1. The molecule has 20 heavy (non-hydrogen) atoms. The highest BCUT2D eigenvalue weighted by atomic mass is 16.6. The Bertz CT molecular complexity index is 502. The summed E-state index contributed by atoms with van der Waals surface area (Å²) < 4.78 is 0. The summed E-state index contributed by atoms with van der Waals surface area (Å²) >= 11 is 0. The number of hydrogen-bond acceptors (Lipinski definition) is 5. The minimum Gasteiger partial charge on any atom is -0.380 e. The van der Waals surface area contributed by atoms with Gasteiger partial charge >= 0.3 is 5.69 Å². The smallest absolute Gasteiger partial charge is 0.315 e. The average Bonchev–Trinajstić information content (AvgIpc) is 2.35. The zero-order chi connectivity index (χ0) is 15.3. The largest absolute Gasteiger partial charge is 0.380 e. The number of carbonyl (C=O) groups excluding carboxylic acids is 1. The molecule has 1 atom stereocenters. The van der Waals surface area contributed by atoms with Crippen LogP contribution in [-0.2, 0) is 4.79 Å². The fourth-order valence-electron chi connectivity index (χ4n) is 1.92. The maximum Gasteiger partial charge on any atom is 0.315 e. The Hall–Kier alpha value is -2.31. The van der Waals surface area contributed by atoms with Gasteiger partial charge in [0, 0.05) is 6.54 Å². The number of hydrogen-bond donors (Lipinski definition) is 3. The molecule has 1 aromatic rings. The van der Waals surface area contributed by atoms with Gasteiger partial charge in [-0.1, -0.05) is 19.9 Å². The SMILES string of the molecule is CCNc1cccc(NC(C(N)=O)C(C)C)c1[N+](=O)[O-]. The Kier molecular flexibility index (Phi) is 5.31. The van der Waals surface area contributed by atoms with Crippen molar-refractivity contribution in [1.29, 1.82) is 0 Å². The quantitative estimate of drug-likeness (QED) is 0.522. The van der Waals surface area contributed by atoms with Crippen molar-refractivity contribution in [3.05, 3.63) is 28.3 Å². The molecule has 0 aliphatic rings. The number of primary amides is 1. The summed E-state index contributed by atoms with van der Waals surface area (Å²) in [6.45, 7) is 6.06. The number of para-hydroxylation sites is 1. The molecular formula is C13H20N4O3. The molecule has 0 radical (unpaired) electrons. The van der Waals surface area contributed by atoms with Crippen LogP contribution < -0.4 is 16.4 Å². The van der Waals surface area contributed by atoms with Crippen LogP contribution in [0.15, 0.2) is 18.2 Å². The Morgan fingerprint density at radius 3 is 2.45 bits per heavy atom. The van der Waals surface area contributed by atoms with Crippen molar-refractivity contribution in [2.45, 2.75) is 26.8 Å². The van der Waals surface area contributed by atoms with Crippen molar-refractivity contribution in [2.75, 3.05) is 17.2 Å². The first-order valence-corrected chi connectivity index (χ1v) is 6.45. The van der Waals surface area contributed by atoms with Crippen molar-refractivity contribution in [3.8, 4) is 0 Å². The molecule has 0 spiro atoms. The van der Waals surface area contributed by atoms with Crippen LogP contribution in [0.25, 0.3) is 0 Å². The highest BCUT2D eigenvalue weighted by Crippen LogP contribution is 2.33. The van der Waals surface area contributed by atoms with Crippen LogP contribution >= 0.6 is 0 Å². The summed E-state index contributed by atoms with van der Waals surface area (Å²) in [5.74, 6) is -0.613. The summed E-state index contributed by atoms with van der Waals surface area (Å²) in [6.07, 6.45) is 0. The second-order valence-corrected chi connectivity index (χ2v) is 4.76. The lowest BCUT2D eigenvalue weighted by Crippen LogP contribution is -2.39. The van der Waals surface area contributed by atoms with Crippen molar-refractivity contribution >= 4 is 23.0 Å². The lowest BCUT2D eigenvalue weighted by atomic mass is 10.0. The summed E-state index contributed by atoms with van der Waals surface area (Å²) in [5, 5.41) is 17.1. The van der Waals surface area contributed by atoms with Crippen LogP contribution in [0, 0.1) is 16.0 Å². The second kappa shape index (κ2) is 6.74. The molecule has 1 aromatic carbocycles. The molecule has 4 N–H and O–H groups in total. The van der Waals surface area contributed by atoms with Crippen LogP contribution in [0.5, 0.6) is 0 Å². The van der Waals surface area contributed by atoms with E-state index in [1.807, 2.05) is 20.8 Å². The fraction of sp³-hybridized carbons (Fsp3) is 0.462. The Labute approximate surface area is 117 Å². The normalized spacial score (nSPS) is 12.0. The topological polar surface area (TPSA) is 110 Å².